The normalized spacial score (nSPS) is 26.2. The molecular formula is C11H14FNO2. The van der Waals surface area contributed by atoms with Crippen LogP contribution in [0.3, 0.4) is 0 Å². The maximum Gasteiger partial charge on any atom is 0.254 e. The molecule has 0 saturated heterocycles. The Balaban J connectivity index is 1.89. The minimum absolute atomic E-state index is 0.0313. The number of carbonyl (C=O) groups excluding carboxylic acids is 1. The maximum absolute atomic E-state index is 13.1. The van der Waals surface area contributed by atoms with Crippen LogP contribution in [-0.2, 0) is 0 Å². The van der Waals surface area contributed by atoms with Crippen LogP contribution < -0.4 is 5.32 Å². The number of amides is 1. The minimum atomic E-state index is -0.770. The number of halogens is 1. The van der Waals surface area contributed by atoms with E-state index in [9.17, 15) is 9.18 Å². The summed E-state index contributed by atoms with van der Waals surface area (Å²) in [6.45, 7) is 0. The first-order chi connectivity index (χ1) is 7.25. The molecule has 15 heavy (non-hydrogen) atoms. The van der Waals surface area contributed by atoms with Gasteiger partial charge >= 0.3 is 0 Å². The SMILES string of the molecule is O=C(NC1CCCC(F)C1)c1ccoc1. The molecule has 1 N–H and O–H groups in total. The summed E-state index contributed by atoms with van der Waals surface area (Å²) in [7, 11) is 0. The van der Waals surface area contributed by atoms with Gasteiger partial charge in [-0.2, -0.15) is 0 Å². The Hall–Kier alpha value is -1.32. The zero-order chi connectivity index (χ0) is 10.7. The monoisotopic (exact) mass is 211 g/mol. The Labute approximate surface area is 87.7 Å². The molecule has 82 valence electrons. The van der Waals surface area contributed by atoms with Crippen molar-refractivity contribution < 1.29 is 13.6 Å². The van der Waals surface area contributed by atoms with E-state index in [2.05, 4.69) is 5.32 Å². The van der Waals surface area contributed by atoms with Crippen molar-refractivity contribution >= 4 is 5.91 Å². The van der Waals surface area contributed by atoms with E-state index in [1.807, 2.05) is 0 Å². The summed E-state index contributed by atoms with van der Waals surface area (Å²) in [6.07, 6.45) is 4.84. The molecule has 1 heterocycles. The Morgan fingerprint density at radius 2 is 2.40 bits per heavy atom. The summed E-state index contributed by atoms with van der Waals surface area (Å²) >= 11 is 0. The highest BCUT2D eigenvalue weighted by Crippen LogP contribution is 2.21. The quantitative estimate of drug-likeness (QED) is 0.815. The summed E-state index contributed by atoms with van der Waals surface area (Å²) in [4.78, 5) is 11.6. The zero-order valence-corrected chi connectivity index (χ0v) is 8.41. The van der Waals surface area contributed by atoms with Gasteiger partial charge in [-0.15, -0.1) is 0 Å². The second kappa shape index (κ2) is 4.47. The molecule has 0 radical (unpaired) electrons. The van der Waals surface area contributed by atoms with Crippen molar-refractivity contribution in [1.82, 2.24) is 5.32 Å². The van der Waals surface area contributed by atoms with Crippen LogP contribution in [0, 0.1) is 0 Å². The number of carbonyl (C=O) groups is 1. The molecule has 2 rings (SSSR count). The number of nitrogens with one attached hydrogen (secondary N) is 1. The van der Waals surface area contributed by atoms with Gasteiger partial charge in [0, 0.05) is 6.04 Å². The third kappa shape index (κ3) is 2.58. The van der Waals surface area contributed by atoms with Crippen LogP contribution in [-0.4, -0.2) is 18.1 Å². The molecule has 2 atom stereocenters. The van der Waals surface area contributed by atoms with E-state index in [0.717, 1.165) is 12.8 Å². The van der Waals surface area contributed by atoms with Crippen LogP contribution in [0.5, 0.6) is 0 Å². The second-order valence-electron chi connectivity index (χ2n) is 3.95. The first-order valence-electron chi connectivity index (χ1n) is 5.23. The second-order valence-corrected chi connectivity index (χ2v) is 3.95. The maximum atomic E-state index is 13.1. The predicted molar refractivity (Wildman–Crippen MR) is 53.3 cm³/mol. The molecule has 0 bridgehead atoms. The largest absolute Gasteiger partial charge is 0.472 e. The van der Waals surface area contributed by atoms with Gasteiger partial charge in [-0.1, -0.05) is 0 Å². The smallest absolute Gasteiger partial charge is 0.254 e. The molecule has 3 nitrogen and oxygen atoms in total. The molecular weight excluding hydrogens is 197 g/mol. The van der Waals surface area contributed by atoms with Crippen molar-refractivity contribution in [1.29, 1.82) is 0 Å². The van der Waals surface area contributed by atoms with Crippen LogP contribution in [0.15, 0.2) is 23.0 Å². The lowest BCUT2D eigenvalue weighted by Crippen LogP contribution is -2.38. The van der Waals surface area contributed by atoms with Gasteiger partial charge in [0.25, 0.3) is 5.91 Å². The first kappa shape index (κ1) is 10.2. The summed E-state index contributed by atoms with van der Waals surface area (Å²) in [5.41, 5.74) is 0.496. The molecule has 1 aliphatic carbocycles. The van der Waals surface area contributed by atoms with Crippen molar-refractivity contribution in [2.24, 2.45) is 0 Å². The Morgan fingerprint density at radius 3 is 3.07 bits per heavy atom. The molecule has 1 aromatic heterocycles. The molecule has 1 amide bonds. The van der Waals surface area contributed by atoms with E-state index in [0.29, 0.717) is 18.4 Å². The van der Waals surface area contributed by atoms with Crippen LogP contribution >= 0.6 is 0 Å². The minimum Gasteiger partial charge on any atom is -0.472 e. The number of hydrogen-bond acceptors (Lipinski definition) is 2. The molecule has 1 saturated carbocycles. The highest BCUT2D eigenvalue weighted by Gasteiger charge is 2.23. The van der Waals surface area contributed by atoms with E-state index in [4.69, 9.17) is 4.42 Å². The zero-order valence-electron chi connectivity index (χ0n) is 8.41. The molecule has 1 aromatic rings. The van der Waals surface area contributed by atoms with E-state index in [1.54, 1.807) is 6.07 Å². The highest BCUT2D eigenvalue weighted by atomic mass is 19.1. The van der Waals surface area contributed by atoms with Crippen LogP contribution in [0.4, 0.5) is 4.39 Å². The molecule has 4 heteroatoms. The van der Waals surface area contributed by atoms with Gasteiger partial charge in [0.1, 0.15) is 12.4 Å². The van der Waals surface area contributed by atoms with Crippen molar-refractivity contribution in [2.75, 3.05) is 0 Å². The van der Waals surface area contributed by atoms with Gasteiger partial charge in [0.05, 0.1) is 11.8 Å². The van der Waals surface area contributed by atoms with Gasteiger partial charge in [-0.3, -0.25) is 4.79 Å². The average Bonchev–Trinajstić information content (AvgIpc) is 2.70. The van der Waals surface area contributed by atoms with E-state index < -0.39 is 6.17 Å². The number of alkyl halides is 1. The molecule has 0 aromatic carbocycles. The van der Waals surface area contributed by atoms with E-state index in [1.165, 1.54) is 12.5 Å². The van der Waals surface area contributed by atoms with Gasteiger partial charge in [0.15, 0.2) is 0 Å². The lowest BCUT2D eigenvalue weighted by Gasteiger charge is -2.25. The lowest BCUT2D eigenvalue weighted by molar-refractivity contribution is 0.0912. The molecule has 1 fully saturated rings. The molecule has 0 aliphatic heterocycles. The number of rotatable bonds is 2. The van der Waals surface area contributed by atoms with E-state index in [-0.39, 0.29) is 11.9 Å². The van der Waals surface area contributed by atoms with E-state index >= 15 is 0 Å². The summed E-state index contributed by atoms with van der Waals surface area (Å²) in [5, 5.41) is 2.81. The number of furan rings is 1. The third-order valence-corrected chi connectivity index (χ3v) is 2.73. The Bertz CT molecular complexity index is 323. The predicted octanol–water partition coefficient (Wildman–Crippen LogP) is 2.29. The fourth-order valence-electron chi connectivity index (χ4n) is 1.92. The van der Waals surface area contributed by atoms with Crippen molar-refractivity contribution in [3.63, 3.8) is 0 Å². The van der Waals surface area contributed by atoms with Crippen molar-refractivity contribution in [3.8, 4) is 0 Å². The van der Waals surface area contributed by atoms with Crippen LogP contribution in [0.25, 0.3) is 0 Å². The van der Waals surface area contributed by atoms with Gasteiger partial charge in [-0.05, 0) is 31.7 Å². The third-order valence-electron chi connectivity index (χ3n) is 2.73. The highest BCUT2D eigenvalue weighted by molar-refractivity contribution is 5.93. The first-order valence-corrected chi connectivity index (χ1v) is 5.23. The molecule has 1 aliphatic rings. The standard InChI is InChI=1S/C11H14FNO2/c12-9-2-1-3-10(6-9)13-11(14)8-4-5-15-7-8/h4-5,7,9-10H,1-3,6H2,(H,13,14). The average molecular weight is 211 g/mol. The van der Waals surface area contributed by atoms with Crippen molar-refractivity contribution in [3.05, 3.63) is 24.2 Å². The molecule has 2 unspecified atom stereocenters. The topological polar surface area (TPSA) is 42.2 Å². The van der Waals surface area contributed by atoms with Gasteiger partial charge in [0.2, 0.25) is 0 Å². The van der Waals surface area contributed by atoms with Crippen LogP contribution in [0.2, 0.25) is 0 Å². The number of hydrogen-bond donors (Lipinski definition) is 1. The van der Waals surface area contributed by atoms with Crippen LogP contribution in [0.1, 0.15) is 36.0 Å². The summed E-state index contributed by atoms with van der Waals surface area (Å²) in [6, 6.07) is 1.57. The summed E-state index contributed by atoms with van der Waals surface area (Å²) < 4.78 is 17.9. The summed E-state index contributed by atoms with van der Waals surface area (Å²) in [5.74, 6) is -0.178. The molecule has 0 spiro atoms. The fraction of sp³-hybridized carbons (Fsp3) is 0.545. The fourth-order valence-corrected chi connectivity index (χ4v) is 1.92. The van der Waals surface area contributed by atoms with Gasteiger partial charge in [-0.25, -0.2) is 4.39 Å². The Morgan fingerprint density at radius 1 is 1.53 bits per heavy atom. The van der Waals surface area contributed by atoms with Crippen molar-refractivity contribution in [2.45, 2.75) is 37.9 Å². The van der Waals surface area contributed by atoms with Gasteiger partial charge < -0.3 is 9.73 Å². The Kier molecular flexibility index (Phi) is 3.04. The lowest BCUT2D eigenvalue weighted by atomic mass is 9.94.